The molecule has 8 heteroatoms. The minimum absolute atomic E-state index is 0.223. The molecule has 0 fully saturated rings. The molecule has 158 valence electrons. The van der Waals surface area contributed by atoms with Gasteiger partial charge in [-0.05, 0) is 55.8 Å². The molecule has 0 aliphatic carbocycles. The number of imidazole rings is 1. The predicted molar refractivity (Wildman–Crippen MR) is 117 cm³/mol. The summed E-state index contributed by atoms with van der Waals surface area (Å²) in [6, 6.07) is 11.8. The van der Waals surface area contributed by atoms with Gasteiger partial charge in [0.2, 0.25) is 0 Å². The van der Waals surface area contributed by atoms with Gasteiger partial charge in [0.05, 0.1) is 16.4 Å². The highest BCUT2D eigenvalue weighted by Crippen LogP contribution is 2.18. The molecule has 31 heavy (non-hydrogen) atoms. The van der Waals surface area contributed by atoms with Crippen molar-refractivity contribution in [2.24, 2.45) is 0 Å². The van der Waals surface area contributed by atoms with Gasteiger partial charge in [-0.2, -0.15) is 0 Å². The van der Waals surface area contributed by atoms with Crippen LogP contribution in [0.1, 0.15) is 32.4 Å². The second kappa shape index (κ2) is 9.09. The lowest BCUT2D eigenvalue weighted by Crippen LogP contribution is -2.22. The Hall–Kier alpha value is -3.52. The van der Waals surface area contributed by atoms with Crippen LogP contribution >= 0.6 is 11.3 Å². The van der Waals surface area contributed by atoms with E-state index in [-0.39, 0.29) is 18.3 Å². The second-order valence-corrected chi connectivity index (χ2v) is 8.05. The zero-order valence-electron chi connectivity index (χ0n) is 17.1. The Morgan fingerprint density at radius 3 is 2.65 bits per heavy atom. The Morgan fingerprint density at radius 2 is 2.00 bits per heavy atom. The Balaban J connectivity index is 1.33. The third-order valence-corrected chi connectivity index (χ3v) is 5.54. The Labute approximate surface area is 183 Å². The van der Waals surface area contributed by atoms with Crippen LogP contribution in [0.2, 0.25) is 0 Å². The van der Waals surface area contributed by atoms with Gasteiger partial charge in [0, 0.05) is 29.9 Å². The van der Waals surface area contributed by atoms with E-state index in [1.54, 1.807) is 64.7 Å². The predicted octanol–water partition coefficient (Wildman–Crippen LogP) is 4.59. The van der Waals surface area contributed by atoms with Crippen LogP contribution < -0.4 is 10.1 Å². The van der Waals surface area contributed by atoms with Crippen LogP contribution in [0.4, 0.5) is 4.39 Å². The molecule has 0 spiro atoms. The Kier molecular flexibility index (Phi) is 6.08. The number of hydrogen-bond acceptors (Lipinski definition) is 5. The van der Waals surface area contributed by atoms with Crippen LogP contribution in [0.25, 0.3) is 5.69 Å². The van der Waals surface area contributed by atoms with Crippen LogP contribution in [0.15, 0.2) is 60.2 Å². The smallest absolute Gasteiger partial charge is 0.251 e. The third-order valence-electron chi connectivity index (χ3n) is 4.72. The van der Waals surface area contributed by atoms with Crippen molar-refractivity contribution in [3.05, 3.63) is 93.7 Å². The maximum atomic E-state index is 14.5. The molecule has 0 atom stereocenters. The average Bonchev–Trinajstić information content (AvgIpc) is 3.39. The molecule has 0 bridgehead atoms. The van der Waals surface area contributed by atoms with Crippen molar-refractivity contribution in [3.8, 4) is 11.4 Å². The SMILES string of the molecule is Cc1nc(COc2ccc(C(=O)NCc3ccc(-n4ccnc4C)c(F)c3)cc2)cs1. The fraction of sp³-hybridized carbons (Fsp3) is 0.174. The summed E-state index contributed by atoms with van der Waals surface area (Å²) in [5, 5.41) is 5.77. The molecule has 0 unspecified atom stereocenters. The van der Waals surface area contributed by atoms with E-state index in [0.717, 1.165) is 10.7 Å². The molecule has 4 rings (SSSR count). The number of ether oxygens (including phenoxy) is 1. The summed E-state index contributed by atoms with van der Waals surface area (Å²) in [5.41, 5.74) is 2.48. The maximum absolute atomic E-state index is 14.5. The average molecular weight is 437 g/mol. The van der Waals surface area contributed by atoms with Crippen LogP contribution in [-0.2, 0) is 13.2 Å². The number of benzene rings is 2. The standard InChI is InChI=1S/C23H21FN4O2S/c1-15-25-9-10-28(15)22-8-3-17(11-21(22)24)12-26-23(29)18-4-6-20(7-5-18)30-13-19-14-31-16(2)27-19/h3-11,14H,12-13H2,1-2H3,(H,26,29). The molecule has 1 amide bonds. The number of thiazole rings is 1. The number of aryl methyl sites for hydroxylation is 2. The maximum Gasteiger partial charge on any atom is 0.251 e. The van der Waals surface area contributed by atoms with Crippen LogP contribution in [0, 0.1) is 19.7 Å². The first kappa shape index (κ1) is 20.7. The second-order valence-electron chi connectivity index (χ2n) is 6.98. The molecule has 0 aliphatic rings. The number of amides is 1. The fourth-order valence-electron chi connectivity index (χ4n) is 3.11. The van der Waals surface area contributed by atoms with Gasteiger partial charge in [-0.25, -0.2) is 14.4 Å². The monoisotopic (exact) mass is 436 g/mol. The van der Waals surface area contributed by atoms with Gasteiger partial charge in [0.15, 0.2) is 0 Å². The molecule has 0 radical (unpaired) electrons. The lowest BCUT2D eigenvalue weighted by Gasteiger charge is -2.10. The van der Waals surface area contributed by atoms with Crippen molar-refractivity contribution in [1.29, 1.82) is 0 Å². The molecule has 0 aliphatic heterocycles. The van der Waals surface area contributed by atoms with Crippen molar-refractivity contribution >= 4 is 17.2 Å². The molecule has 0 saturated heterocycles. The van der Waals surface area contributed by atoms with E-state index in [1.807, 2.05) is 19.2 Å². The fourth-order valence-corrected chi connectivity index (χ4v) is 3.70. The molecule has 2 heterocycles. The number of carbonyl (C=O) groups excluding carboxylic acids is 1. The minimum Gasteiger partial charge on any atom is -0.487 e. The van der Waals surface area contributed by atoms with E-state index in [9.17, 15) is 9.18 Å². The van der Waals surface area contributed by atoms with Gasteiger partial charge in [-0.15, -0.1) is 11.3 Å². The van der Waals surface area contributed by atoms with E-state index >= 15 is 0 Å². The lowest BCUT2D eigenvalue weighted by atomic mass is 10.1. The number of aromatic nitrogens is 3. The van der Waals surface area contributed by atoms with Gasteiger partial charge in [-0.3, -0.25) is 4.79 Å². The van der Waals surface area contributed by atoms with Crippen LogP contribution in [0.3, 0.4) is 0 Å². The van der Waals surface area contributed by atoms with Crippen LogP contribution in [0.5, 0.6) is 5.75 Å². The van der Waals surface area contributed by atoms with E-state index in [0.29, 0.717) is 35.0 Å². The highest BCUT2D eigenvalue weighted by Gasteiger charge is 2.10. The summed E-state index contributed by atoms with van der Waals surface area (Å²) in [5.74, 6) is 0.755. The summed E-state index contributed by atoms with van der Waals surface area (Å²) < 4.78 is 21.9. The molecule has 2 aromatic carbocycles. The first-order valence-electron chi connectivity index (χ1n) is 9.70. The molecule has 2 aromatic heterocycles. The molecular formula is C23H21FN4O2S. The van der Waals surface area contributed by atoms with Crippen molar-refractivity contribution in [3.63, 3.8) is 0 Å². The van der Waals surface area contributed by atoms with Crippen molar-refractivity contribution in [2.75, 3.05) is 0 Å². The molecule has 6 nitrogen and oxygen atoms in total. The quantitative estimate of drug-likeness (QED) is 0.460. The zero-order chi connectivity index (χ0) is 21.8. The summed E-state index contributed by atoms with van der Waals surface area (Å²) >= 11 is 1.58. The Morgan fingerprint density at radius 1 is 1.19 bits per heavy atom. The molecular weight excluding hydrogens is 415 g/mol. The highest BCUT2D eigenvalue weighted by atomic mass is 32.1. The zero-order valence-corrected chi connectivity index (χ0v) is 17.9. The molecule has 4 aromatic rings. The lowest BCUT2D eigenvalue weighted by molar-refractivity contribution is 0.0951. The first-order valence-corrected chi connectivity index (χ1v) is 10.6. The highest BCUT2D eigenvalue weighted by molar-refractivity contribution is 7.09. The largest absolute Gasteiger partial charge is 0.487 e. The summed E-state index contributed by atoms with van der Waals surface area (Å²) in [7, 11) is 0. The molecule has 1 N–H and O–H groups in total. The summed E-state index contributed by atoms with van der Waals surface area (Å²) in [6.07, 6.45) is 3.33. The van der Waals surface area contributed by atoms with Crippen molar-refractivity contribution < 1.29 is 13.9 Å². The normalized spacial score (nSPS) is 10.8. The number of halogens is 1. The number of carbonyl (C=O) groups is 1. The van der Waals surface area contributed by atoms with Gasteiger partial charge >= 0.3 is 0 Å². The van der Waals surface area contributed by atoms with E-state index < -0.39 is 0 Å². The first-order chi connectivity index (χ1) is 15.0. The van der Waals surface area contributed by atoms with Gasteiger partial charge in [-0.1, -0.05) is 6.07 Å². The van der Waals surface area contributed by atoms with E-state index in [4.69, 9.17) is 4.74 Å². The van der Waals surface area contributed by atoms with Crippen molar-refractivity contribution in [1.82, 2.24) is 19.9 Å². The van der Waals surface area contributed by atoms with E-state index in [2.05, 4.69) is 15.3 Å². The summed E-state index contributed by atoms with van der Waals surface area (Å²) in [6.45, 7) is 4.37. The van der Waals surface area contributed by atoms with Crippen molar-refractivity contribution in [2.45, 2.75) is 27.0 Å². The summed E-state index contributed by atoms with van der Waals surface area (Å²) in [4.78, 5) is 20.9. The number of nitrogens with zero attached hydrogens (tertiary/aromatic N) is 3. The third kappa shape index (κ3) is 4.97. The number of hydrogen-bond donors (Lipinski definition) is 1. The topological polar surface area (TPSA) is 69.0 Å². The molecule has 0 saturated carbocycles. The van der Waals surface area contributed by atoms with Gasteiger partial charge in [0.1, 0.15) is 24.0 Å². The van der Waals surface area contributed by atoms with Gasteiger partial charge in [0.25, 0.3) is 5.91 Å². The number of nitrogens with one attached hydrogen (secondary N) is 1. The van der Waals surface area contributed by atoms with Crippen LogP contribution in [-0.4, -0.2) is 20.4 Å². The number of rotatable bonds is 7. The minimum atomic E-state index is -0.371. The Bertz CT molecular complexity index is 1200. The van der Waals surface area contributed by atoms with E-state index in [1.165, 1.54) is 6.07 Å². The van der Waals surface area contributed by atoms with Gasteiger partial charge < -0.3 is 14.6 Å².